The molecule has 2 N–H and O–H groups in total. The van der Waals surface area contributed by atoms with Crippen molar-refractivity contribution in [2.75, 3.05) is 5.32 Å². The second-order valence-corrected chi connectivity index (χ2v) is 3.88. The Morgan fingerprint density at radius 3 is 3.00 bits per heavy atom. The summed E-state index contributed by atoms with van der Waals surface area (Å²) in [5.74, 6) is 0.136. The number of fused-ring (bicyclic) bond motifs is 1. The van der Waals surface area contributed by atoms with Gasteiger partial charge >= 0.3 is 0 Å². The fourth-order valence-electron chi connectivity index (χ4n) is 1.88. The number of nitrogens with one attached hydrogen (secondary N) is 2. The number of rotatable bonds is 2. The molecule has 0 aliphatic carbocycles. The fourth-order valence-corrected chi connectivity index (χ4v) is 1.88. The van der Waals surface area contributed by atoms with Crippen LogP contribution < -0.4 is 5.32 Å². The highest BCUT2D eigenvalue weighted by Crippen LogP contribution is 2.17. The van der Waals surface area contributed by atoms with Crippen molar-refractivity contribution in [2.24, 2.45) is 7.05 Å². The number of benzene rings is 1. The van der Waals surface area contributed by atoms with E-state index in [-0.39, 0.29) is 5.91 Å². The maximum Gasteiger partial charge on any atom is 0.279 e. The van der Waals surface area contributed by atoms with Crippen LogP contribution in [-0.2, 0) is 7.05 Å². The third-order valence-corrected chi connectivity index (χ3v) is 2.70. The predicted octanol–water partition coefficient (Wildman–Crippen LogP) is 1.55. The number of nitrogens with zero attached hydrogens (tertiary/aromatic N) is 3. The summed E-state index contributed by atoms with van der Waals surface area (Å²) < 4.78 is 1.69. The highest BCUT2D eigenvalue weighted by atomic mass is 16.2. The molecule has 0 spiro atoms. The first-order chi connectivity index (χ1) is 8.75. The van der Waals surface area contributed by atoms with Gasteiger partial charge < -0.3 is 4.98 Å². The van der Waals surface area contributed by atoms with E-state index in [0.717, 1.165) is 10.9 Å². The summed E-state index contributed by atoms with van der Waals surface area (Å²) in [6.45, 7) is 0. The molecule has 1 amide bonds. The first kappa shape index (κ1) is 10.5. The lowest BCUT2D eigenvalue weighted by molar-refractivity contribution is 0.102. The van der Waals surface area contributed by atoms with E-state index < -0.39 is 0 Å². The molecule has 2 aromatic heterocycles. The van der Waals surface area contributed by atoms with Crippen molar-refractivity contribution in [3.8, 4) is 0 Å². The third kappa shape index (κ3) is 1.64. The van der Waals surface area contributed by atoms with Crippen LogP contribution in [0.3, 0.4) is 0 Å². The summed E-state index contributed by atoms with van der Waals surface area (Å²) in [4.78, 5) is 18.9. The number of aromatic amines is 1. The lowest BCUT2D eigenvalue weighted by Crippen LogP contribution is -2.14. The minimum atomic E-state index is -0.276. The van der Waals surface area contributed by atoms with Crippen LogP contribution in [0.5, 0.6) is 0 Å². The van der Waals surface area contributed by atoms with Gasteiger partial charge in [-0.15, -0.1) is 0 Å². The molecule has 6 heteroatoms. The molecule has 18 heavy (non-hydrogen) atoms. The molecule has 1 aromatic carbocycles. The fraction of sp³-hybridized carbons (Fsp3) is 0.0833. The summed E-state index contributed by atoms with van der Waals surface area (Å²) >= 11 is 0. The standard InChI is InChI=1S/C12H11N5O/c1-17-9-5-3-2-4-8(9)10(16-17)11(18)15-12-13-6-7-14-12/h2-7H,1H3,(H2,13,14,15,18). The van der Waals surface area contributed by atoms with Crippen LogP contribution in [0.25, 0.3) is 10.9 Å². The van der Waals surface area contributed by atoms with Gasteiger partial charge in [0, 0.05) is 24.8 Å². The summed E-state index contributed by atoms with van der Waals surface area (Å²) in [7, 11) is 1.81. The minimum Gasteiger partial charge on any atom is -0.331 e. The van der Waals surface area contributed by atoms with Crippen LogP contribution in [0.1, 0.15) is 10.5 Å². The quantitative estimate of drug-likeness (QED) is 0.714. The highest BCUT2D eigenvalue weighted by molar-refractivity contribution is 6.10. The number of carbonyl (C=O) groups is 1. The molecule has 90 valence electrons. The van der Waals surface area contributed by atoms with Gasteiger partial charge in [-0.2, -0.15) is 5.10 Å². The van der Waals surface area contributed by atoms with Crippen molar-refractivity contribution >= 4 is 22.8 Å². The molecule has 0 saturated heterocycles. The van der Waals surface area contributed by atoms with E-state index in [9.17, 15) is 4.79 Å². The highest BCUT2D eigenvalue weighted by Gasteiger charge is 2.16. The maximum absolute atomic E-state index is 12.1. The van der Waals surface area contributed by atoms with Crippen LogP contribution >= 0.6 is 0 Å². The van der Waals surface area contributed by atoms with Gasteiger partial charge in [0.2, 0.25) is 5.95 Å². The number of imidazole rings is 1. The van der Waals surface area contributed by atoms with Gasteiger partial charge in [0.05, 0.1) is 5.52 Å². The number of amides is 1. The van der Waals surface area contributed by atoms with Crippen LogP contribution in [-0.4, -0.2) is 25.7 Å². The van der Waals surface area contributed by atoms with Crippen molar-refractivity contribution < 1.29 is 4.79 Å². The van der Waals surface area contributed by atoms with Gasteiger partial charge in [0.1, 0.15) is 0 Å². The molecule has 0 radical (unpaired) electrons. The predicted molar refractivity (Wildman–Crippen MR) is 67.3 cm³/mol. The van der Waals surface area contributed by atoms with E-state index in [1.165, 1.54) is 0 Å². The monoisotopic (exact) mass is 241 g/mol. The smallest absolute Gasteiger partial charge is 0.279 e. The normalized spacial score (nSPS) is 10.7. The zero-order valence-electron chi connectivity index (χ0n) is 9.71. The van der Waals surface area contributed by atoms with Crippen molar-refractivity contribution in [2.45, 2.75) is 0 Å². The van der Waals surface area contributed by atoms with Gasteiger partial charge in [-0.3, -0.25) is 14.8 Å². The van der Waals surface area contributed by atoms with Gasteiger partial charge in [-0.05, 0) is 6.07 Å². The van der Waals surface area contributed by atoms with Crippen LogP contribution in [0, 0.1) is 0 Å². The number of hydrogen-bond acceptors (Lipinski definition) is 3. The molecule has 2 heterocycles. The lowest BCUT2D eigenvalue weighted by Gasteiger charge is -1.98. The zero-order valence-corrected chi connectivity index (χ0v) is 9.71. The number of H-pyrrole nitrogens is 1. The topological polar surface area (TPSA) is 75.6 Å². The third-order valence-electron chi connectivity index (χ3n) is 2.70. The van der Waals surface area contributed by atoms with Gasteiger partial charge in [-0.25, -0.2) is 4.98 Å². The zero-order chi connectivity index (χ0) is 12.5. The molecule has 0 atom stereocenters. The van der Waals surface area contributed by atoms with E-state index in [1.54, 1.807) is 17.1 Å². The Hall–Kier alpha value is -2.63. The van der Waals surface area contributed by atoms with E-state index in [1.807, 2.05) is 31.3 Å². The molecule has 0 aliphatic rings. The first-order valence-corrected chi connectivity index (χ1v) is 5.48. The van der Waals surface area contributed by atoms with E-state index in [0.29, 0.717) is 11.6 Å². The average molecular weight is 241 g/mol. The number of hydrogen-bond donors (Lipinski definition) is 2. The Morgan fingerprint density at radius 2 is 2.22 bits per heavy atom. The maximum atomic E-state index is 12.1. The van der Waals surface area contributed by atoms with Gasteiger partial charge in [0.25, 0.3) is 5.91 Å². The molecule has 0 unspecified atom stereocenters. The molecule has 6 nitrogen and oxygen atoms in total. The van der Waals surface area contributed by atoms with Gasteiger partial charge in [-0.1, -0.05) is 18.2 Å². The first-order valence-electron chi connectivity index (χ1n) is 5.48. The van der Waals surface area contributed by atoms with Crippen molar-refractivity contribution in [1.29, 1.82) is 0 Å². The Morgan fingerprint density at radius 1 is 1.39 bits per heavy atom. The molecule has 3 aromatic rings. The largest absolute Gasteiger partial charge is 0.331 e. The van der Waals surface area contributed by atoms with Gasteiger partial charge in [0.15, 0.2) is 5.69 Å². The number of para-hydroxylation sites is 1. The number of aryl methyl sites for hydroxylation is 1. The second-order valence-electron chi connectivity index (χ2n) is 3.88. The van der Waals surface area contributed by atoms with Crippen molar-refractivity contribution in [1.82, 2.24) is 19.7 Å². The summed E-state index contributed by atoms with van der Waals surface area (Å²) in [5.41, 5.74) is 1.31. The van der Waals surface area contributed by atoms with Crippen molar-refractivity contribution in [3.63, 3.8) is 0 Å². The number of aromatic nitrogens is 4. The van der Waals surface area contributed by atoms with E-state index >= 15 is 0 Å². The number of anilines is 1. The Kier molecular flexibility index (Phi) is 2.33. The average Bonchev–Trinajstić information content (AvgIpc) is 2.98. The molecule has 0 saturated carbocycles. The van der Waals surface area contributed by atoms with E-state index in [4.69, 9.17) is 0 Å². The molecule has 3 rings (SSSR count). The van der Waals surface area contributed by atoms with Crippen molar-refractivity contribution in [3.05, 3.63) is 42.4 Å². The van der Waals surface area contributed by atoms with Crippen LogP contribution in [0.4, 0.5) is 5.95 Å². The Balaban J connectivity index is 2.01. The Labute approximate surface area is 103 Å². The summed E-state index contributed by atoms with van der Waals surface area (Å²) in [6, 6.07) is 7.59. The van der Waals surface area contributed by atoms with Crippen LogP contribution in [0.15, 0.2) is 36.7 Å². The molecule has 0 bridgehead atoms. The Bertz CT molecular complexity index is 698. The molecule has 0 aliphatic heterocycles. The molecule has 0 fully saturated rings. The second kappa shape index (κ2) is 3.99. The molecular formula is C12H11N5O. The SMILES string of the molecule is Cn1nc(C(=O)Nc2ncc[nH]2)c2ccccc21. The minimum absolute atomic E-state index is 0.276. The summed E-state index contributed by atoms with van der Waals surface area (Å²) in [5, 5.41) is 7.72. The van der Waals surface area contributed by atoms with E-state index in [2.05, 4.69) is 20.4 Å². The molecular weight excluding hydrogens is 230 g/mol. The lowest BCUT2D eigenvalue weighted by atomic mass is 10.2. The number of carbonyl (C=O) groups excluding carboxylic acids is 1. The van der Waals surface area contributed by atoms with Crippen LogP contribution in [0.2, 0.25) is 0 Å². The summed E-state index contributed by atoms with van der Waals surface area (Å²) in [6.07, 6.45) is 3.22.